The highest BCUT2D eigenvalue weighted by Crippen LogP contribution is 2.33. The number of benzene rings is 2. The van der Waals surface area contributed by atoms with Crippen LogP contribution in [0.5, 0.6) is 11.6 Å². The second-order valence-corrected chi connectivity index (χ2v) is 6.61. The van der Waals surface area contributed by atoms with Crippen LogP contribution in [-0.4, -0.2) is 20.7 Å². The number of rotatable bonds is 4. The normalized spacial score (nSPS) is 10.9. The fraction of sp³-hybridized carbons (Fsp3) is 0.190. The van der Waals surface area contributed by atoms with E-state index in [-0.39, 0.29) is 23.1 Å². The number of aromatic hydroxyl groups is 2. The summed E-state index contributed by atoms with van der Waals surface area (Å²) in [5, 5.41) is 23.5. The van der Waals surface area contributed by atoms with Crippen molar-refractivity contribution in [3.8, 4) is 17.3 Å². The molecule has 0 fully saturated rings. The smallest absolute Gasteiger partial charge is 0.264 e. The van der Waals surface area contributed by atoms with Crippen molar-refractivity contribution < 1.29 is 15.0 Å². The van der Waals surface area contributed by atoms with Crippen molar-refractivity contribution >= 4 is 11.6 Å². The van der Waals surface area contributed by atoms with Gasteiger partial charge in [-0.3, -0.25) is 9.36 Å². The fourth-order valence-corrected chi connectivity index (χ4v) is 2.90. The van der Waals surface area contributed by atoms with Crippen LogP contribution in [-0.2, 0) is 0 Å². The molecular weight excluding hydrogens is 328 g/mol. The summed E-state index contributed by atoms with van der Waals surface area (Å²) in [5.41, 5.74) is 3.23. The number of hydrogen-bond acceptors (Lipinski definition) is 3. The average molecular weight is 350 g/mol. The Morgan fingerprint density at radius 1 is 1.04 bits per heavy atom. The summed E-state index contributed by atoms with van der Waals surface area (Å²) in [6.45, 7) is 6.03. The van der Waals surface area contributed by atoms with Gasteiger partial charge in [-0.15, -0.1) is 0 Å². The molecule has 2 aromatic carbocycles. The molecule has 26 heavy (non-hydrogen) atoms. The number of aryl methyl sites for hydroxylation is 1. The summed E-state index contributed by atoms with van der Waals surface area (Å²) in [5.74, 6) is -0.904. The van der Waals surface area contributed by atoms with Crippen LogP contribution in [0.15, 0.2) is 54.7 Å². The number of anilines is 1. The number of nitrogens with zero attached hydrogens (tertiary/aromatic N) is 1. The lowest BCUT2D eigenvalue weighted by Gasteiger charge is -2.13. The Hall–Kier alpha value is -3.21. The van der Waals surface area contributed by atoms with Crippen molar-refractivity contribution in [1.29, 1.82) is 0 Å². The molecule has 3 N–H and O–H groups in total. The zero-order chi connectivity index (χ0) is 18.8. The zero-order valence-electron chi connectivity index (χ0n) is 15.0. The Bertz CT molecular complexity index is 940. The fourth-order valence-electron chi connectivity index (χ4n) is 2.90. The molecule has 5 heteroatoms. The van der Waals surface area contributed by atoms with E-state index in [1.807, 2.05) is 63.2 Å². The Morgan fingerprint density at radius 3 is 2.35 bits per heavy atom. The van der Waals surface area contributed by atoms with Crippen LogP contribution >= 0.6 is 0 Å². The summed E-state index contributed by atoms with van der Waals surface area (Å²) < 4.78 is 1.39. The van der Waals surface area contributed by atoms with Gasteiger partial charge in [0, 0.05) is 11.4 Å². The summed E-state index contributed by atoms with van der Waals surface area (Å²) in [4.78, 5) is 12.7. The third kappa shape index (κ3) is 3.28. The van der Waals surface area contributed by atoms with Crippen LogP contribution in [0.1, 0.15) is 41.3 Å². The van der Waals surface area contributed by atoms with Crippen molar-refractivity contribution in [3.63, 3.8) is 0 Å². The SMILES string of the molecule is Cc1ccc(-n2cc(O)c(C(=O)Nc3ccccc3C(C)C)c2O)cc1. The van der Waals surface area contributed by atoms with Crippen LogP contribution in [0.2, 0.25) is 0 Å². The molecule has 0 radical (unpaired) electrons. The molecule has 1 amide bonds. The first-order valence-corrected chi connectivity index (χ1v) is 8.49. The number of amides is 1. The predicted octanol–water partition coefficient (Wildman–Crippen LogP) is 4.57. The third-order valence-corrected chi connectivity index (χ3v) is 4.33. The van der Waals surface area contributed by atoms with Gasteiger partial charge in [0.05, 0.1) is 6.20 Å². The molecule has 0 saturated carbocycles. The number of para-hydroxylation sites is 1. The molecule has 3 aromatic rings. The molecular formula is C21H22N2O3. The highest BCUT2D eigenvalue weighted by Gasteiger charge is 2.23. The van der Waals surface area contributed by atoms with Crippen molar-refractivity contribution in [1.82, 2.24) is 4.57 Å². The molecule has 0 atom stereocenters. The molecule has 5 nitrogen and oxygen atoms in total. The minimum atomic E-state index is -0.557. The molecule has 3 rings (SSSR count). The van der Waals surface area contributed by atoms with Gasteiger partial charge in [-0.2, -0.15) is 0 Å². The molecule has 0 saturated heterocycles. The van der Waals surface area contributed by atoms with Gasteiger partial charge in [0.15, 0.2) is 0 Å². The molecule has 0 spiro atoms. The first kappa shape index (κ1) is 17.6. The van der Waals surface area contributed by atoms with Crippen molar-refractivity contribution in [2.24, 2.45) is 0 Å². The maximum Gasteiger partial charge on any atom is 0.264 e. The molecule has 0 aliphatic heterocycles. The van der Waals surface area contributed by atoms with Gasteiger partial charge in [0.1, 0.15) is 11.3 Å². The largest absolute Gasteiger partial charge is 0.505 e. The highest BCUT2D eigenvalue weighted by molar-refractivity contribution is 6.08. The molecule has 0 bridgehead atoms. The zero-order valence-corrected chi connectivity index (χ0v) is 15.0. The van der Waals surface area contributed by atoms with Crippen molar-refractivity contribution in [2.75, 3.05) is 5.32 Å². The third-order valence-electron chi connectivity index (χ3n) is 4.33. The van der Waals surface area contributed by atoms with Crippen LogP contribution in [0.3, 0.4) is 0 Å². The van der Waals surface area contributed by atoms with Crippen molar-refractivity contribution in [2.45, 2.75) is 26.7 Å². The molecule has 1 heterocycles. The molecule has 0 aliphatic carbocycles. The number of nitrogens with one attached hydrogen (secondary N) is 1. The highest BCUT2D eigenvalue weighted by atomic mass is 16.3. The summed E-state index contributed by atoms with van der Waals surface area (Å²) in [7, 11) is 0. The monoisotopic (exact) mass is 350 g/mol. The van der Waals surface area contributed by atoms with Gasteiger partial charge in [0.2, 0.25) is 5.88 Å². The van der Waals surface area contributed by atoms with Gasteiger partial charge < -0.3 is 15.5 Å². The van der Waals surface area contributed by atoms with E-state index in [0.717, 1.165) is 11.1 Å². The van der Waals surface area contributed by atoms with E-state index in [4.69, 9.17) is 0 Å². The van der Waals surface area contributed by atoms with E-state index in [1.165, 1.54) is 10.8 Å². The van der Waals surface area contributed by atoms with Crippen molar-refractivity contribution in [3.05, 3.63) is 71.4 Å². The van der Waals surface area contributed by atoms with E-state index in [0.29, 0.717) is 11.4 Å². The maximum atomic E-state index is 12.7. The maximum absolute atomic E-state index is 12.7. The number of hydrogen-bond donors (Lipinski definition) is 3. The number of aromatic nitrogens is 1. The Kier molecular flexibility index (Phi) is 4.71. The predicted molar refractivity (Wildman–Crippen MR) is 102 cm³/mol. The lowest BCUT2D eigenvalue weighted by atomic mass is 10.0. The lowest BCUT2D eigenvalue weighted by Crippen LogP contribution is -2.13. The molecule has 134 valence electrons. The van der Waals surface area contributed by atoms with E-state index >= 15 is 0 Å². The summed E-state index contributed by atoms with van der Waals surface area (Å²) >= 11 is 0. The van der Waals surface area contributed by atoms with E-state index in [1.54, 1.807) is 6.07 Å². The van der Waals surface area contributed by atoms with E-state index in [9.17, 15) is 15.0 Å². The second kappa shape index (κ2) is 6.96. The van der Waals surface area contributed by atoms with E-state index in [2.05, 4.69) is 5.32 Å². The average Bonchev–Trinajstić information content (AvgIpc) is 2.90. The summed E-state index contributed by atoms with van der Waals surface area (Å²) in [6, 6.07) is 14.9. The lowest BCUT2D eigenvalue weighted by molar-refractivity contribution is 0.102. The van der Waals surface area contributed by atoms with Crippen LogP contribution in [0.25, 0.3) is 5.69 Å². The van der Waals surface area contributed by atoms with Gasteiger partial charge in [-0.05, 0) is 36.6 Å². The van der Waals surface area contributed by atoms with Gasteiger partial charge in [0.25, 0.3) is 5.91 Å². The quantitative estimate of drug-likeness (QED) is 0.645. The van der Waals surface area contributed by atoms with Gasteiger partial charge >= 0.3 is 0 Å². The second-order valence-electron chi connectivity index (χ2n) is 6.61. The summed E-state index contributed by atoms with van der Waals surface area (Å²) in [6.07, 6.45) is 1.34. The van der Waals surface area contributed by atoms with E-state index < -0.39 is 5.91 Å². The van der Waals surface area contributed by atoms with Crippen LogP contribution in [0, 0.1) is 6.92 Å². The molecule has 0 aliphatic rings. The number of carbonyl (C=O) groups is 1. The molecule has 0 unspecified atom stereocenters. The van der Waals surface area contributed by atoms with Gasteiger partial charge in [-0.25, -0.2) is 0 Å². The van der Waals surface area contributed by atoms with Crippen LogP contribution < -0.4 is 5.32 Å². The Labute approximate surface area is 152 Å². The first-order chi connectivity index (χ1) is 12.4. The Morgan fingerprint density at radius 2 is 1.69 bits per heavy atom. The van der Waals surface area contributed by atoms with Gasteiger partial charge in [-0.1, -0.05) is 49.7 Å². The Balaban J connectivity index is 1.95. The minimum absolute atomic E-state index is 0.149. The number of carbonyl (C=O) groups excluding carboxylic acids is 1. The molecule has 1 aromatic heterocycles. The minimum Gasteiger partial charge on any atom is -0.505 e. The first-order valence-electron chi connectivity index (χ1n) is 8.49. The topological polar surface area (TPSA) is 74.5 Å². The van der Waals surface area contributed by atoms with Crippen LogP contribution in [0.4, 0.5) is 5.69 Å². The standard InChI is InChI=1S/C21H22N2O3/c1-13(2)16-6-4-5-7-17(16)22-20(25)19-18(24)12-23(21(19)26)15-10-8-14(3)9-11-15/h4-13,24,26H,1-3H3,(H,22,25).